The van der Waals surface area contributed by atoms with Gasteiger partial charge in [-0.25, -0.2) is 0 Å². The number of rotatable bonds is 4. The van der Waals surface area contributed by atoms with Crippen molar-refractivity contribution in [1.29, 1.82) is 0 Å². The van der Waals surface area contributed by atoms with Gasteiger partial charge in [0.25, 0.3) is 0 Å². The number of hydrogen-bond donors (Lipinski definition) is 1. The molecule has 1 aliphatic heterocycles. The van der Waals surface area contributed by atoms with Crippen molar-refractivity contribution in [3.63, 3.8) is 0 Å². The molecule has 0 aliphatic carbocycles. The standard InChI is InChI=1S/C13H19ClN2/c1-3-16-9-10(6-7-15-2)12-8-11(14)4-5-13(12)16/h4-5,8,10,15H,3,6-7,9H2,1-2H3. The Balaban J connectivity index is 2.24. The quantitative estimate of drug-likeness (QED) is 0.868. The van der Waals surface area contributed by atoms with Gasteiger partial charge in [-0.3, -0.25) is 0 Å². The minimum atomic E-state index is 0.626. The number of likely N-dealkylation sites (N-methyl/N-ethyl adjacent to an activating group) is 1. The first kappa shape index (κ1) is 11.7. The number of hydrogen-bond acceptors (Lipinski definition) is 2. The molecule has 16 heavy (non-hydrogen) atoms. The molecular formula is C13H19ClN2. The van der Waals surface area contributed by atoms with Crippen molar-refractivity contribution in [3.8, 4) is 0 Å². The van der Waals surface area contributed by atoms with Crippen LogP contribution in [0.1, 0.15) is 24.8 Å². The predicted molar refractivity (Wildman–Crippen MR) is 70.6 cm³/mol. The molecule has 0 spiro atoms. The maximum Gasteiger partial charge on any atom is 0.0410 e. The summed E-state index contributed by atoms with van der Waals surface area (Å²) >= 11 is 6.08. The summed E-state index contributed by atoms with van der Waals surface area (Å²) in [7, 11) is 2.01. The van der Waals surface area contributed by atoms with Crippen LogP contribution >= 0.6 is 11.6 Å². The van der Waals surface area contributed by atoms with Crippen molar-refractivity contribution in [2.45, 2.75) is 19.3 Å². The summed E-state index contributed by atoms with van der Waals surface area (Å²) in [4.78, 5) is 2.44. The SMILES string of the molecule is CCN1CC(CCNC)c2cc(Cl)ccc21. The Morgan fingerprint density at radius 2 is 2.31 bits per heavy atom. The summed E-state index contributed by atoms with van der Waals surface area (Å²) in [5.41, 5.74) is 2.79. The topological polar surface area (TPSA) is 15.3 Å². The monoisotopic (exact) mass is 238 g/mol. The molecule has 0 saturated heterocycles. The van der Waals surface area contributed by atoms with Crippen LogP contribution in [0, 0.1) is 0 Å². The van der Waals surface area contributed by atoms with Crippen LogP contribution in [-0.2, 0) is 0 Å². The van der Waals surface area contributed by atoms with Gasteiger partial charge in [-0.15, -0.1) is 0 Å². The van der Waals surface area contributed by atoms with E-state index in [-0.39, 0.29) is 0 Å². The summed E-state index contributed by atoms with van der Waals surface area (Å²) in [6.07, 6.45) is 1.18. The lowest BCUT2D eigenvalue weighted by Gasteiger charge is -2.17. The van der Waals surface area contributed by atoms with Gasteiger partial charge in [0, 0.05) is 29.7 Å². The van der Waals surface area contributed by atoms with Gasteiger partial charge in [0.05, 0.1) is 0 Å². The highest BCUT2D eigenvalue weighted by atomic mass is 35.5. The van der Waals surface area contributed by atoms with Gasteiger partial charge in [-0.1, -0.05) is 11.6 Å². The van der Waals surface area contributed by atoms with E-state index in [1.807, 2.05) is 13.1 Å². The number of halogens is 1. The second-order valence-corrected chi connectivity index (χ2v) is 4.77. The van der Waals surface area contributed by atoms with Gasteiger partial charge in [0.2, 0.25) is 0 Å². The van der Waals surface area contributed by atoms with E-state index >= 15 is 0 Å². The minimum absolute atomic E-state index is 0.626. The number of anilines is 1. The molecule has 2 nitrogen and oxygen atoms in total. The summed E-state index contributed by atoms with van der Waals surface area (Å²) in [6, 6.07) is 6.27. The zero-order valence-corrected chi connectivity index (χ0v) is 10.7. The lowest BCUT2D eigenvalue weighted by atomic mass is 9.98. The molecule has 1 aliphatic rings. The van der Waals surface area contributed by atoms with Crippen molar-refractivity contribution in [3.05, 3.63) is 28.8 Å². The van der Waals surface area contributed by atoms with Crippen LogP contribution in [0.2, 0.25) is 5.02 Å². The number of benzene rings is 1. The molecule has 0 bridgehead atoms. The van der Waals surface area contributed by atoms with E-state index in [1.165, 1.54) is 17.7 Å². The molecule has 1 atom stereocenters. The highest BCUT2D eigenvalue weighted by molar-refractivity contribution is 6.30. The molecule has 0 aromatic heterocycles. The number of nitrogens with zero attached hydrogens (tertiary/aromatic N) is 1. The average molecular weight is 239 g/mol. The van der Waals surface area contributed by atoms with Crippen molar-refractivity contribution in [1.82, 2.24) is 5.32 Å². The van der Waals surface area contributed by atoms with Crippen molar-refractivity contribution in [2.24, 2.45) is 0 Å². The van der Waals surface area contributed by atoms with E-state index in [0.29, 0.717) is 5.92 Å². The molecule has 1 unspecified atom stereocenters. The van der Waals surface area contributed by atoms with E-state index < -0.39 is 0 Å². The molecule has 0 amide bonds. The fourth-order valence-electron chi connectivity index (χ4n) is 2.47. The van der Waals surface area contributed by atoms with Crippen LogP contribution < -0.4 is 10.2 Å². The normalized spacial score (nSPS) is 18.9. The molecule has 1 heterocycles. The summed E-state index contributed by atoms with van der Waals surface area (Å²) in [5, 5.41) is 4.07. The smallest absolute Gasteiger partial charge is 0.0410 e. The van der Waals surface area contributed by atoms with Gasteiger partial charge in [-0.05, 0) is 50.7 Å². The zero-order chi connectivity index (χ0) is 11.5. The van der Waals surface area contributed by atoms with E-state index in [4.69, 9.17) is 11.6 Å². The van der Waals surface area contributed by atoms with Gasteiger partial charge in [0.15, 0.2) is 0 Å². The summed E-state index contributed by atoms with van der Waals surface area (Å²) in [6.45, 7) is 5.48. The van der Waals surface area contributed by atoms with Gasteiger partial charge < -0.3 is 10.2 Å². The van der Waals surface area contributed by atoms with Crippen molar-refractivity contribution < 1.29 is 0 Å². The highest BCUT2D eigenvalue weighted by Crippen LogP contribution is 2.39. The van der Waals surface area contributed by atoms with Crippen LogP contribution in [0.3, 0.4) is 0 Å². The lowest BCUT2D eigenvalue weighted by Crippen LogP contribution is -2.22. The third-order valence-electron chi connectivity index (χ3n) is 3.34. The molecule has 2 rings (SSSR count). The Labute approximate surface area is 103 Å². The molecule has 1 N–H and O–H groups in total. The first-order valence-corrected chi connectivity index (χ1v) is 6.33. The zero-order valence-electron chi connectivity index (χ0n) is 9.96. The van der Waals surface area contributed by atoms with E-state index in [2.05, 4.69) is 29.3 Å². The third-order valence-corrected chi connectivity index (χ3v) is 3.57. The molecule has 1 aromatic carbocycles. The van der Waals surface area contributed by atoms with E-state index in [9.17, 15) is 0 Å². The predicted octanol–water partition coefficient (Wildman–Crippen LogP) is 2.87. The van der Waals surface area contributed by atoms with Crippen LogP contribution in [0.5, 0.6) is 0 Å². The Hall–Kier alpha value is -0.730. The second kappa shape index (κ2) is 5.07. The number of nitrogens with one attached hydrogen (secondary N) is 1. The fourth-order valence-corrected chi connectivity index (χ4v) is 2.65. The minimum Gasteiger partial charge on any atom is -0.371 e. The first-order chi connectivity index (χ1) is 7.76. The molecule has 0 saturated carbocycles. The largest absolute Gasteiger partial charge is 0.371 e. The second-order valence-electron chi connectivity index (χ2n) is 4.33. The van der Waals surface area contributed by atoms with Crippen molar-refractivity contribution >= 4 is 17.3 Å². The van der Waals surface area contributed by atoms with Crippen molar-refractivity contribution in [2.75, 3.05) is 31.6 Å². The van der Waals surface area contributed by atoms with Crippen LogP contribution in [0.25, 0.3) is 0 Å². The Bertz CT molecular complexity index is 365. The van der Waals surface area contributed by atoms with Crippen LogP contribution in [0.4, 0.5) is 5.69 Å². The molecular weight excluding hydrogens is 220 g/mol. The molecule has 1 aromatic rings. The highest BCUT2D eigenvalue weighted by Gasteiger charge is 2.27. The lowest BCUT2D eigenvalue weighted by molar-refractivity contribution is 0.611. The fraction of sp³-hybridized carbons (Fsp3) is 0.538. The molecule has 88 valence electrons. The average Bonchev–Trinajstić information content (AvgIpc) is 2.64. The van der Waals surface area contributed by atoms with Crippen LogP contribution in [0.15, 0.2) is 18.2 Å². The first-order valence-electron chi connectivity index (χ1n) is 5.95. The summed E-state index contributed by atoms with van der Waals surface area (Å²) in [5.74, 6) is 0.626. The Kier molecular flexibility index (Phi) is 3.72. The summed E-state index contributed by atoms with van der Waals surface area (Å²) < 4.78 is 0. The Morgan fingerprint density at radius 1 is 1.50 bits per heavy atom. The number of fused-ring (bicyclic) bond motifs is 1. The molecule has 0 radical (unpaired) electrons. The Morgan fingerprint density at radius 3 is 3.00 bits per heavy atom. The third kappa shape index (κ3) is 2.18. The van der Waals surface area contributed by atoms with E-state index in [0.717, 1.165) is 24.7 Å². The van der Waals surface area contributed by atoms with Crippen LogP contribution in [-0.4, -0.2) is 26.7 Å². The molecule has 0 fully saturated rings. The molecule has 3 heteroatoms. The maximum atomic E-state index is 6.08. The van der Waals surface area contributed by atoms with E-state index in [1.54, 1.807) is 0 Å². The van der Waals surface area contributed by atoms with Gasteiger partial charge in [-0.2, -0.15) is 0 Å². The maximum absolute atomic E-state index is 6.08. The van der Waals surface area contributed by atoms with Gasteiger partial charge >= 0.3 is 0 Å². The van der Waals surface area contributed by atoms with Gasteiger partial charge in [0.1, 0.15) is 0 Å².